The second-order valence-electron chi connectivity index (χ2n) is 7.79. The van der Waals surface area contributed by atoms with Gasteiger partial charge in [-0.15, -0.1) is 11.3 Å². The molecule has 5 nitrogen and oxygen atoms in total. The summed E-state index contributed by atoms with van der Waals surface area (Å²) in [7, 11) is 0. The van der Waals surface area contributed by atoms with Crippen LogP contribution >= 0.6 is 11.3 Å². The maximum Gasteiger partial charge on any atom is 0.345 e. The number of benzene rings is 1. The number of carboxylic acid groups (broad SMARTS) is 1. The van der Waals surface area contributed by atoms with E-state index in [-0.39, 0.29) is 17.9 Å². The average molecular weight is 450 g/mol. The van der Waals surface area contributed by atoms with Gasteiger partial charge in [-0.05, 0) is 42.7 Å². The molecule has 0 spiro atoms. The quantitative estimate of drug-likeness (QED) is 0.461. The normalized spacial score (nSPS) is 18.1. The Morgan fingerprint density at radius 2 is 2.06 bits per heavy atom. The minimum atomic E-state index is -0.937. The molecule has 1 aromatic carbocycles. The molecule has 6 heteroatoms. The Hall–Kier alpha value is -3.14. The zero-order chi connectivity index (χ0) is 22.9. The van der Waals surface area contributed by atoms with Crippen molar-refractivity contribution in [2.24, 2.45) is 5.92 Å². The van der Waals surface area contributed by atoms with Gasteiger partial charge >= 0.3 is 5.97 Å². The monoisotopic (exact) mass is 449 g/mol. The first-order valence-electron chi connectivity index (χ1n) is 10.6. The number of aliphatic hydroxyl groups excluding tert-OH is 1. The highest BCUT2D eigenvalue weighted by Crippen LogP contribution is 2.22. The van der Waals surface area contributed by atoms with Gasteiger partial charge in [-0.1, -0.05) is 55.2 Å². The van der Waals surface area contributed by atoms with Gasteiger partial charge in [0.05, 0.1) is 12.1 Å². The van der Waals surface area contributed by atoms with E-state index in [4.69, 9.17) is 5.11 Å². The molecule has 1 aliphatic heterocycles. The molecule has 166 valence electrons. The topological polar surface area (TPSA) is 77.8 Å². The molecule has 1 aromatic heterocycles. The van der Waals surface area contributed by atoms with Gasteiger partial charge in [-0.3, -0.25) is 4.79 Å². The first-order valence-corrected chi connectivity index (χ1v) is 11.4. The Morgan fingerprint density at radius 1 is 1.28 bits per heavy atom. The van der Waals surface area contributed by atoms with Gasteiger partial charge < -0.3 is 15.1 Å². The number of rotatable bonds is 8. The third-order valence-electron chi connectivity index (χ3n) is 5.34. The lowest BCUT2D eigenvalue weighted by Gasteiger charge is -2.21. The SMILES string of the molecule is CC(CC#Cc1ccccc1)[C@H](O)/C=C/[C@H]1CCC(=O)N1C/C=C\c1ccc(C(=O)O)s1. The summed E-state index contributed by atoms with van der Waals surface area (Å²) < 4.78 is 0. The van der Waals surface area contributed by atoms with Crippen molar-refractivity contribution in [3.63, 3.8) is 0 Å². The van der Waals surface area contributed by atoms with Gasteiger partial charge in [0.2, 0.25) is 5.91 Å². The molecule has 3 atom stereocenters. The minimum Gasteiger partial charge on any atom is -0.477 e. The number of carbonyl (C=O) groups is 2. The zero-order valence-corrected chi connectivity index (χ0v) is 18.8. The number of aromatic carboxylic acids is 1. The highest BCUT2D eigenvalue weighted by atomic mass is 32.1. The Labute approximate surface area is 192 Å². The molecule has 0 aliphatic carbocycles. The minimum absolute atomic E-state index is 0.0184. The fourth-order valence-electron chi connectivity index (χ4n) is 3.42. The fourth-order valence-corrected chi connectivity index (χ4v) is 4.20. The van der Waals surface area contributed by atoms with Gasteiger partial charge in [0.15, 0.2) is 0 Å². The van der Waals surface area contributed by atoms with E-state index in [0.717, 1.165) is 16.9 Å². The van der Waals surface area contributed by atoms with Gasteiger partial charge in [-0.25, -0.2) is 4.79 Å². The number of aliphatic hydroxyl groups is 1. The molecule has 1 aliphatic rings. The molecule has 1 saturated heterocycles. The maximum atomic E-state index is 12.3. The van der Waals surface area contributed by atoms with Crippen LogP contribution in [0.25, 0.3) is 6.08 Å². The van der Waals surface area contributed by atoms with Crippen LogP contribution in [0.15, 0.2) is 60.7 Å². The van der Waals surface area contributed by atoms with E-state index in [1.165, 1.54) is 11.3 Å². The average Bonchev–Trinajstić information content (AvgIpc) is 3.40. The van der Waals surface area contributed by atoms with Crippen LogP contribution in [0, 0.1) is 17.8 Å². The van der Waals surface area contributed by atoms with Crippen molar-refractivity contribution in [1.29, 1.82) is 0 Å². The number of nitrogens with zero attached hydrogens (tertiary/aromatic N) is 1. The summed E-state index contributed by atoms with van der Waals surface area (Å²) in [5.41, 5.74) is 0.958. The molecule has 1 fully saturated rings. The molecule has 0 bridgehead atoms. The Bertz CT molecular complexity index is 1040. The zero-order valence-electron chi connectivity index (χ0n) is 18.0. The molecule has 2 N–H and O–H groups in total. The summed E-state index contributed by atoms with van der Waals surface area (Å²) in [6.45, 7) is 2.41. The van der Waals surface area contributed by atoms with Crippen molar-refractivity contribution >= 4 is 29.3 Å². The third kappa shape index (κ3) is 6.68. The summed E-state index contributed by atoms with van der Waals surface area (Å²) >= 11 is 1.20. The van der Waals surface area contributed by atoms with E-state index in [1.54, 1.807) is 23.1 Å². The number of amides is 1. The first kappa shape index (κ1) is 23.5. The molecular formula is C26H27NO4S. The van der Waals surface area contributed by atoms with Gasteiger partial charge in [0, 0.05) is 29.8 Å². The van der Waals surface area contributed by atoms with Gasteiger partial charge in [0.25, 0.3) is 0 Å². The Kier molecular flexibility index (Phi) is 8.43. The summed E-state index contributed by atoms with van der Waals surface area (Å²) in [6, 6.07) is 13.0. The number of thiophene rings is 1. The number of carbonyl (C=O) groups excluding carboxylic acids is 1. The predicted molar refractivity (Wildman–Crippen MR) is 127 cm³/mol. The molecule has 1 amide bonds. The lowest BCUT2D eigenvalue weighted by atomic mass is 9.99. The highest BCUT2D eigenvalue weighted by molar-refractivity contribution is 7.14. The lowest BCUT2D eigenvalue weighted by molar-refractivity contribution is -0.127. The van der Waals surface area contributed by atoms with Crippen molar-refractivity contribution in [1.82, 2.24) is 4.90 Å². The fraction of sp³-hybridized carbons (Fsp3) is 0.308. The van der Waals surface area contributed by atoms with E-state index in [0.29, 0.717) is 24.3 Å². The molecule has 1 unspecified atom stereocenters. The molecule has 0 radical (unpaired) electrons. The van der Waals surface area contributed by atoms with E-state index in [9.17, 15) is 14.7 Å². The Morgan fingerprint density at radius 3 is 2.78 bits per heavy atom. The first-order chi connectivity index (χ1) is 15.4. The number of carboxylic acids is 1. The van der Waals surface area contributed by atoms with Crippen LogP contribution in [0.1, 0.15) is 46.3 Å². The van der Waals surface area contributed by atoms with E-state index >= 15 is 0 Å². The van der Waals surface area contributed by atoms with Crippen LogP contribution in [0.5, 0.6) is 0 Å². The van der Waals surface area contributed by atoms with Gasteiger partial charge in [-0.2, -0.15) is 0 Å². The van der Waals surface area contributed by atoms with Crippen molar-refractivity contribution < 1.29 is 19.8 Å². The number of hydrogen-bond donors (Lipinski definition) is 2. The van der Waals surface area contributed by atoms with Crippen LogP contribution in [0.2, 0.25) is 0 Å². The summed E-state index contributed by atoms with van der Waals surface area (Å²) in [5.74, 6) is 5.36. The Balaban J connectivity index is 1.52. The van der Waals surface area contributed by atoms with Crippen molar-refractivity contribution in [2.45, 2.75) is 38.3 Å². The third-order valence-corrected chi connectivity index (χ3v) is 6.38. The maximum absolute atomic E-state index is 12.3. The second kappa shape index (κ2) is 11.5. The smallest absolute Gasteiger partial charge is 0.345 e. The largest absolute Gasteiger partial charge is 0.477 e. The molecule has 2 aromatic rings. The lowest BCUT2D eigenvalue weighted by Crippen LogP contribution is -2.32. The van der Waals surface area contributed by atoms with E-state index < -0.39 is 12.1 Å². The summed E-state index contributed by atoms with van der Waals surface area (Å²) in [6.07, 6.45) is 8.56. The van der Waals surface area contributed by atoms with Crippen LogP contribution in [-0.4, -0.2) is 45.7 Å². The summed E-state index contributed by atoms with van der Waals surface area (Å²) in [5, 5.41) is 19.5. The highest BCUT2D eigenvalue weighted by Gasteiger charge is 2.28. The molecular weight excluding hydrogens is 422 g/mol. The van der Waals surface area contributed by atoms with Crippen LogP contribution in [-0.2, 0) is 4.79 Å². The molecule has 0 saturated carbocycles. The number of hydrogen-bond acceptors (Lipinski definition) is 4. The van der Waals surface area contributed by atoms with Crippen molar-refractivity contribution in [3.8, 4) is 11.8 Å². The van der Waals surface area contributed by atoms with Crippen LogP contribution in [0.4, 0.5) is 0 Å². The van der Waals surface area contributed by atoms with Crippen molar-refractivity contribution in [2.75, 3.05) is 6.54 Å². The second-order valence-corrected chi connectivity index (χ2v) is 8.90. The predicted octanol–water partition coefficient (Wildman–Crippen LogP) is 4.45. The standard InChI is InChI=1S/C26H27NO4S/c1-19(7-5-10-20-8-3-2-4-9-20)23(28)15-12-21-13-17-25(29)27(21)18-6-11-22-14-16-24(32-22)26(30)31/h2-4,6,8-9,11-12,14-16,19,21,23,28H,7,13,17-18H2,1H3,(H,30,31)/b11-6-,15-12+/t19?,21-,23+/m0/s1. The summed E-state index contributed by atoms with van der Waals surface area (Å²) in [4.78, 5) is 26.2. The van der Waals surface area contributed by atoms with Gasteiger partial charge in [0.1, 0.15) is 4.88 Å². The van der Waals surface area contributed by atoms with Crippen LogP contribution in [0.3, 0.4) is 0 Å². The molecule has 32 heavy (non-hydrogen) atoms. The van der Waals surface area contributed by atoms with E-state index in [1.807, 2.05) is 55.5 Å². The molecule has 2 heterocycles. The van der Waals surface area contributed by atoms with E-state index in [2.05, 4.69) is 11.8 Å². The number of likely N-dealkylation sites (tertiary alicyclic amines) is 1. The van der Waals surface area contributed by atoms with Crippen LogP contribution < -0.4 is 0 Å². The molecule has 3 rings (SSSR count). The van der Waals surface area contributed by atoms with Crippen molar-refractivity contribution in [3.05, 3.63) is 76.0 Å².